The molecule has 0 saturated carbocycles. The fraction of sp³-hybridized carbons (Fsp3) is 0.300. The highest BCUT2D eigenvalue weighted by Gasteiger charge is 2.28. The molecule has 0 bridgehead atoms. The molecule has 1 aliphatic rings. The average molecular weight is 420 g/mol. The molecule has 0 aliphatic carbocycles. The molecule has 1 saturated heterocycles. The summed E-state index contributed by atoms with van der Waals surface area (Å²) in [6.07, 6.45) is -0.368. The lowest BCUT2D eigenvalue weighted by Crippen LogP contribution is -2.41. The van der Waals surface area contributed by atoms with Crippen molar-refractivity contribution in [3.63, 3.8) is 0 Å². The van der Waals surface area contributed by atoms with Crippen molar-refractivity contribution in [3.05, 3.63) is 78.9 Å². The number of benzene rings is 2. The van der Waals surface area contributed by atoms with Gasteiger partial charge in [-0.2, -0.15) is 0 Å². The van der Waals surface area contributed by atoms with Crippen molar-refractivity contribution < 1.29 is 4.74 Å². The summed E-state index contributed by atoms with van der Waals surface area (Å²) < 4.78 is 7.23. The Balaban J connectivity index is 1.74. The van der Waals surface area contributed by atoms with Crippen LogP contribution in [-0.4, -0.2) is 35.4 Å². The summed E-state index contributed by atoms with van der Waals surface area (Å²) in [5, 5.41) is 4.74. The van der Waals surface area contributed by atoms with Gasteiger partial charge in [-0.15, -0.1) is 0 Å². The molecule has 0 radical (unpaired) electrons. The highest BCUT2D eigenvalue weighted by molar-refractivity contribution is 6.42. The Hall–Kier alpha value is -2.12. The Morgan fingerprint density at radius 1 is 1.11 bits per heavy atom. The molecule has 6 nitrogen and oxygen atoms in total. The lowest BCUT2D eigenvalue weighted by molar-refractivity contribution is 0.0384. The zero-order valence-electron chi connectivity index (χ0n) is 15.0. The Bertz CT molecular complexity index is 1130. The average Bonchev–Trinajstić information content (AvgIpc) is 2.93. The van der Waals surface area contributed by atoms with Crippen LogP contribution in [0.25, 0.3) is 10.9 Å². The second kappa shape index (κ2) is 8.09. The standard InChI is InChI=1S/C20H19Cl2N3O3/c21-15-6-5-12(9-16(15)22)14-10-23-7-8-28-18(14)11-25-19(26)13-3-1-2-4-17(13)24-20(25)27/h1-6,9,14,18,23H,7-8,10-11H2,(H,24,27)/t14-,18?/m1/s1. The van der Waals surface area contributed by atoms with Crippen molar-refractivity contribution in [1.82, 2.24) is 14.9 Å². The third-order valence-corrected chi connectivity index (χ3v) is 5.79. The van der Waals surface area contributed by atoms with Crippen LogP contribution in [0.3, 0.4) is 0 Å². The maximum Gasteiger partial charge on any atom is 0.328 e. The Kier molecular flexibility index (Phi) is 5.55. The summed E-state index contributed by atoms with van der Waals surface area (Å²) in [6, 6.07) is 12.4. The van der Waals surface area contributed by atoms with Gasteiger partial charge in [-0.05, 0) is 29.8 Å². The Labute approximate surface area is 171 Å². The van der Waals surface area contributed by atoms with E-state index < -0.39 is 5.69 Å². The van der Waals surface area contributed by atoms with Crippen molar-refractivity contribution in [1.29, 1.82) is 0 Å². The van der Waals surface area contributed by atoms with Gasteiger partial charge in [-0.1, -0.05) is 41.4 Å². The van der Waals surface area contributed by atoms with Crippen LogP contribution in [0.4, 0.5) is 0 Å². The maximum absolute atomic E-state index is 12.9. The molecule has 1 aromatic heterocycles. The monoisotopic (exact) mass is 419 g/mol. The van der Waals surface area contributed by atoms with Gasteiger partial charge in [0.05, 0.1) is 40.2 Å². The molecule has 2 heterocycles. The Morgan fingerprint density at radius 3 is 2.75 bits per heavy atom. The molecular weight excluding hydrogens is 401 g/mol. The van der Waals surface area contributed by atoms with Crippen LogP contribution >= 0.6 is 23.2 Å². The number of ether oxygens (including phenoxy) is 1. The quantitative estimate of drug-likeness (QED) is 0.684. The molecule has 0 amide bonds. The van der Waals surface area contributed by atoms with Crippen LogP contribution in [0.1, 0.15) is 11.5 Å². The molecule has 1 fully saturated rings. The number of fused-ring (bicyclic) bond motifs is 1. The molecule has 1 unspecified atom stereocenters. The number of aromatic amines is 1. The summed E-state index contributed by atoms with van der Waals surface area (Å²) in [6.45, 7) is 1.97. The van der Waals surface area contributed by atoms with Gasteiger partial charge in [0, 0.05) is 19.0 Å². The van der Waals surface area contributed by atoms with E-state index in [9.17, 15) is 9.59 Å². The van der Waals surface area contributed by atoms with Gasteiger partial charge < -0.3 is 15.0 Å². The van der Waals surface area contributed by atoms with E-state index in [0.717, 1.165) is 5.56 Å². The van der Waals surface area contributed by atoms with Crippen LogP contribution in [0, 0.1) is 0 Å². The van der Waals surface area contributed by atoms with Gasteiger partial charge in [0.25, 0.3) is 5.56 Å². The number of hydrogen-bond donors (Lipinski definition) is 2. The van der Waals surface area contributed by atoms with Crippen molar-refractivity contribution >= 4 is 34.1 Å². The summed E-state index contributed by atoms with van der Waals surface area (Å²) in [4.78, 5) is 28.2. The third kappa shape index (κ3) is 3.73. The highest BCUT2D eigenvalue weighted by Crippen LogP contribution is 2.30. The van der Waals surface area contributed by atoms with Gasteiger partial charge in [-0.3, -0.25) is 9.36 Å². The number of H-pyrrole nitrogens is 1. The summed E-state index contributed by atoms with van der Waals surface area (Å²) >= 11 is 12.2. The van der Waals surface area contributed by atoms with Crippen molar-refractivity contribution in [3.8, 4) is 0 Å². The van der Waals surface area contributed by atoms with Gasteiger partial charge in [0.2, 0.25) is 0 Å². The van der Waals surface area contributed by atoms with Gasteiger partial charge in [0.15, 0.2) is 0 Å². The molecule has 8 heteroatoms. The molecule has 2 N–H and O–H groups in total. The van der Waals surface area contributed by atoms with Crippen molar-refractivity contribution in [2.45, 2.75) is 18.6 Å². The minimum Gasteiger partial charge on any atom is -0.374 e. The van der Waals surface area contributed by atoms with E-state index in [4.69, 9.17) is 27.9 Å². The van der Waals surface area contributed by atoms with E-state index in [2.05, 4.69) is 10.3 Å². The first-order valence-electron chi connectivity index (χ1n) is 9.04. The third-order valence-electron chi connectivity index (χ3n) is 5.05. The number of aromatic nitrogens is 2. The van der Waals surface area contributed by atoms with E-state index in [-0.39, 0.29) is 24.1 Å². The second-order valence-corrected chi connectivity index (χ2v) is 7.60. The first-order chi connectivity index (χ1) is 13.5. The smallest absolute Gasteiger partial charge is 0.328 e. The fourth-order valence-electron chi connectivity index (χ4n) is 3.59. The predicted molar refractivity (Wildman–Crippen MR) is 111 cm³/mol. The first-order valence-corrected chi connectivity index (χ1v) is 9.79. The van der Waals surface area contributed by atoms with Gasteiger partial charge >= 0.3 is 5.69 Å². The molecule has 28 heavy (non-hydrogen) atoms. The minimum absolute atomic E-state index is 0.0879. The largest absolute Gasteiger partial charge is 0.374 e. The highest BCUT2D eigenvalue weighted by atomic mass is 35.5. The lowest BCUT2D eigenvalue weighted by Gasteiger charge is -2.26. The van der Waals surface area contributed by atoms with Crippen LogP contribution < -0.4 is 16.6 Å². The number of nitrogens with zero attached hydrogens (tertiary/aromatic N) is 1. The van der Waals surface area contributed by atoms with Crippen LogP contribution in [0.2, 0.25) is 10.0 Å². The zero-order chi connectivity index (χ0) is 19.7. The SMILES string of the molecule is O=c1[nH]c2ccccc2c(=O)n1CC1OCCNC[C@@H]1c1ccc(Cl)c(Cl)c1. The number of halogens is 2. The molecule has 2 atom stereocenters. The molecule has 0 spiro atoms. The number of para-hydroxylation sites is 1. The van der Waals surface area contributed by atoms with E-state index in [1.807, 2.05) is 12.1 Å². The zero-order valence-corrected chi connectivity index (χ0v) is 16.5. The fourth-order valence-corrected chi connectivity index (χ4v) is 3.89. The first kappa shape index (κ1) is 19.2. The normalized spacial score (nSPS) is 20.2. The number of hydrogen-bond acceptors (Lipinski definition) is 4. The second-order valence-electron chi connectivity index (χ2n) is 6.78. The lowest BCUT2D eigenvalue weighted by atomic mass is 9.93. The van der Waals surface area contributed by atoms with E-state index in [1.54, 1.807) is 30.3 Å². The van der Waals surface area contributed by atoms with Gasteiger partial charge in [0.1, 0.15) is 0 Å². The molecule has 146 valence electrons. The molecule has 1 aliphatic heterocycles. The predicted octanol–water partition coefficient (Wildman–Crippen LogP) is 2.77. The van der Waals surface area contributed by atoms with Crippen molar-refractivity contribution in [2.75, 3.05) is 19.7 Å². The molecule has 4 rings (SSSR count). The minimum atomic E-state index is -0.447. The molecule has 3 aromatic rings. The summed E-state index contributed by atoms with van der Waals surface area (Å²) in [7, 11) is 0. The Morgan fingerprint density at radius 2 is 1.93 bits per heavy atom. The maximum atomic E-state index is 12.9. The summed E-state index contributed by atoms with van der Waals surface area (Å²) in [5.41, 5.74) is 0.697. The van der Waals surface area contributed by atoms with E-state index in [0.29, 0.717) is 40.6 Å². The molecular formula is C20H19Cl2N3O3. The summed E-state index contributed by atoms with van der Waals surface area (Å²) in [5.74, 6) is -0.0879. The van der Waals surface area contributed by atoms with Crippen LogP contribution in [-0.2, 0) is 11.3 Å². The van der Waals surface area contributed by atoms with E-state index >= 15 is 0 Å². The van der Waals surface area contributed by atoms with Crippen LogP contribution in [0.5, 0.6) is 0 Å². The van der Waals surface area contributed by atoms with Crippen molar-refractivity contribution in [2.24, 2.45) is 0 Å². The van der Waals surface area contributed by atoms with Crippen LogP contribution in [0.15, 0.2) is 52.1 Å². The van der Waals surface area contributed by atoms with E-state index in [1.165, 1.54) is 4.57 Å². The molecule has 2 aromatic carbocycles. The topological polar surface area (TPSA) is 76.1 Å². The number of nitrogens with one attached hydrogen (secondary N) is 2. The number of rotatable bonds is 3. The van der Waals surface area contributed by atoms with Gasteiger partial charge in [-0.25, -0.2) is 4.79 Å².